The van der Waals surface area contributed by atoms with Gasteiger partial charge in [0.05, 0.1) is 11.0 Å². The van der Waals surface area contributed by atoms with E-state index in [2.05, 4.69) is 5.32 Å². The number of rotatable bonds is 8. The molecule has 0 aliphatic carbocycles. The zero-order valence-electron chi connectivity index (χ0n) is 12.1. The van der Waals surface area contributed by atoms with E-state index in [-0.39, 0.29) is 30.2 Å². The molecule has 1 aromatic carbocycles. The average Bonchev–Trinajstić information content (AvgIpc) is 2.35. The molecule has 0 fully saturated rings. The largest absolute Gasteiger partial charge is 0.484 e. The predicted octanol–water partition coefficient (Wildman–Crippen LogP) is 2.95. The van der Waals surface area contributed by atoms with Gasteiger partial charge in [0.2, 0.25) is 0 Å². The van der Waals surface area contributed by atoms with Crippen molar-refractivity contribution in [1.29, 1.82) is 0 Å². The van der Waals surface area contributed by atoms with E-state index in [0.717, 1.165) is 6.42 Å². The number of anilines is 1. The molecular formula is C14H22N2O4. The Hall–Kier alpha value is -1.82. The van der Waals surface area contributed by atoms with E-state index >= 15 is 0 Å². The Bertz CT molecular complexity index is 449. The molecule has 0 amide bonds. The van der Waals surface area contributed by atoms with Gasteiger partial charge in [0.25, 0.3) is 0 Å². The van der Waals surface area contributed by atoms with E-state index < -0.39 is 4.92 Å². The van der Waals surface area contributed by atoms with Crippen molar-refractivity contribution in [3.05, 3.63) is 28.3 Å². The summed E-state index contributed by atoms with van der Waals surface area (Å²) >= 11 is 0. The minimum Gasteiger partial charge on any atom is -0.484 e. The van der Waals surface area contributed by atoms with Crippen molar-refractivity contribution in [1.82, 2.24) is 0 Å². The lowest BCUT2D eigenvalue weighted by atomic mass is 10.1. The lowest BCUT2D eigenvalue weighted by molar-refractivity contribution is -0.385. The van der Waals surface area contributed by atoms with Gasteiger partial charge in [-0.1, -0.05) is 6.07 Å². The van der Waals surface area contributed by atoms with Crippen molar-refractivity contribution in [3.63, 3.8) is 0 Å². The highest BCUT2D eigenvalue weighted by atomic mass is 16.6. The molecule has 1 rings (SSSR count). The van der Waals surface area contributed by atoms with Crippen molar-refractivity contribution < 1.29 is 14.8 Å². The number of nitrogens with zero attached hydrogens (tertiary/aromatic N) is 1. The maximum Gasteiger partial charge on any atom is 0.333 e. The molecule has 1 aromatic rings. The summed E-state index contributed by atoms with van der Waals surface area (Å²) in [6, 6.07) is 5.03. The molecule has 2 N–H and O–H groups in total. The van der Waals surface area contributed by atoms with E-state index in [1.165, 1.54) is 0 Å². The Balaban J connectivity index is 2.97. The molecule has 0 spiro atoms. The number of nitro groups is 1. The van der Waals surface area contributed by atoms with E-state index in [1.807, 2.05) is 20.8 Å². The van der Waals surface area contributed by atoms with E-state index in [1.54, 1.807) is 18.2 Å². The van der Waals surface area contributed by atoms with Crippen LogP contribution in [0.1, 0.15) is 33.6 Å². The lowest BCUT2D eigenvalue weighted by Crippen LogP contribution is -2.17. The summed E-state index contributed by atoms with van der Waals surface area (Å²) in [5.74, 6) is 0.268. The highest BCUT2D eigenvalue weighted by Gasteiger charge is 2.22. The number of hydrogen-bond donors (Lipinski definition) is 2. The Kier molecular flexibility index (Phi) is 6.24. The molecule has 0 saturated heterocycles. The third-order valence-corrected chi connectivity index (χ3v) is 2.74. The molecule has 0 aliphatic heterocycles. The van der Waals surface area contributed by atoms with Crippen LogP contribution in [0.15, 0.2) is 18.2 Å². The zero-order chi connectivity index (χ0) is 15.1. The molecule has 1 unspecified atom stereocenters. The van der Waals surface area contributed by atoms with Crippen LogP contribution in [0, 0.1) is 10.1 Å². The first-order valence-corrected chi connectivity index (χ1v) is 6.77. The van der Waals surface area contributed by atoms with Crippen molar-refractivity contribution in [2.45, 2.75) is 45.8 Å². The maximum absolute atomic E-state index is 11.3. The van der Waals surface area contributed by atoms with Gasteiger partial charge in [-0.15, -0.1) is 0 Å². The van der Waals surface area contributed by atoms with Crippen molar-refractivity contribution in [2.75, 3.05) is 11.9 Å². The van der Waals surface area contributed by atoms with Crippen LogP contribution >= 0.6 is 0 Å². The first kappa shape index (κ1) is 16.2. The molecule has 112 valence electrons. The second-order valence-corrected chi connectivity index (χ2v) is 4.99. The molecule has 20 heavy (non-hydrogen) atoms. The fourth-order valence-corrected chi connectivity index (χ4v) is 1.91. The van der Waals surface area contributed by atoms with Gasteiger partial charge in [-0.2, -0.15) is 0 Å². The van der Waals surface area contributed by atoms with Gasteiger partial charge in [0, 0.05) is 12.6 Å². The van der Waals surface area contributed by atoms with Gasteiger partial charge in [-0.3, -0.25) is 10.1 Å². The summed E-state index contributed by atoms with van der Waals surface area (Å²) in [7, 11) is 0. The SMILES string of the molecule is CC(CCCO)Nc1cccc(OC(C)C)c1[N+](=O)[O-]. The number of benzene rings is 1. The Morgan fingerprint density at radius 3 is 2.65 bits per heavy atom. The van der Waals surface area contributed by atoms with Crippen molar-refractivity contribution >= 4 is 11.4 Å². The normalized spacial score (nSPS) is 12.2. The Labute approximate surface area is 118 Å². The van der Waals surface area contributed by atoms with Gasteiger partial charge < -0.3 is 15.2 Å². The van der Waals surface area contributed by atoms with Crippen LogP contribution in [-0.2, 0) is 0 Å². The molecule has 0 aliphatic rings. The monoisotopic (exact) mass is 282 g/mol. The molecule has 6 nitrogen and oxygen atoms in total. The molecule has 0 bridgehead atoms. The van der Waals surface area contributed by atoms with Gasteiger partial charge in [0.1, 0.15) is 5.69 Å². The molecule has 6 heteroatoms. The number of ether oxygens (including phenoxy) is 1. The van der Waals surface area contributed by atoms with Crippen molar-refractivity contribution in [3.8, 4) is 5.75 Å². The van der Waals surface area contributed by atoms with E-state index in [0.29, 0.717) is 12.1 Å². The Morgan fingerprint density at radius 1 is 1.40 bits per heavy atom. The van der Waals surface area contributed by atoms with Crippen molar-refractivity contribution in [2.24, 2.45) is 0 Å². The van der Waals surface area contributed by atoms with Crippen LogP contribution in [-0.4, -0.2) is 28.8 Å². The smallest absolute Gasteiger partial charge is 0.333 e. The second kappa shape index (κ2) is 7.69. The van der Waals surface area contributed by atoms with Crippen LogP contribution in [0.3, 0.4) is 0 Å². The zero-order valence-corrected chi connectivity index (χ0v) is 12.1. The number of hydrogen-bond acceptors (Lipinski definition) is 5. The minimum absolute atomic E-state index is 0.0372. The van der Waals surface area contributed by atoms with Gasteiger partial charge >= 0.3 is 5.69 Å². The van der Waals surface area contributed by atoms with Crippen LogP contribution < -0.4 is 10.1 Å². The molecule has 0 saturated carbocycles. The van der Waals surface area contributed by atoms with Gasteiger partial charge in [-0.25, -0.2) is 0 Å². The van der Waals surface area contributed by atoms with E-state index in [9.17, 15) is 10.1 Å². The first-order chi connectivity index (χ1) is 9.45. The van der Waals surface area contributed by atoms with Gasteiger partial charge in [-0.05, 0) is 45.7 Å². The number of nitrogens with one attached hydrogen (secondary N) is 1. The minimum atomic E-state index is -0.432. The summed E-state index contributed by atoms with van der Waals surface area (Å²) in [6.07, 6.45) is 1.27. The summed E-state index contributed by atoms with van der Waals surface area (Å²) in [5.41, 5.74) is 0.399. The summed E-state index contributed by atoms with van der Waals surface area (Å²) in [4.78, 5) is 10.8. The predicted molar refractivity (Wildman–Crippen MR) is 78.3 cm³/mol. The van der Waals surface area contributed by atoms with Crippen LogP contribution in [0.2, 0.25) is 0 Å². The fraction of sp³-hybridized carbons (Fsp3) is 0.571. The molecular weight excluding hydrogens is 260 g/mol. The average molecular weight is 282 g/mol. The third kappa shape index (κ3) is 4.70. The quantitative estimate of drug-likeness (QED) is 0.565. The second-order valence-electron chi connectivity index (χ2n) is 4.99. The Morgan fingerprint density at radius 2 is 2.10 bits per heavy atom. The summed E-state index contributed by atoms with van der Waals surface area (Å²) < 4.78 is 5.49. The highest BCUT2D eigenvalue weighted by Crippen LogP contribution is 2.35. The number of para-hydroxylation sites is 1. The number of aliphatic hydroxyl groups excluding tert-OH is 1. The lowest BCUT2D eigenvalue weighted by Gasteiger charge is -2.17. The van der Waals surface area contributed by atoms with Crippen LogP contribution in [0.4, 0.5) is 11.4 Å². The molecule has 0 aromatic heterocycles. The maximum atomic E-state index is 11.3. The van der Waals surface area contributed by atoms with Crippen LogP contribution in [0.5, 0.6) is 5.75 Å². The summed E-state index contributed by atoms with van der Waals surface area (Å²) in [6.45, 7) is 5.70. The third-order valence-electron chi connectivity index (χ3n) is 2.74. The number of nitro benzene ring substituents is 1. The molecule has 0 radical (unpaired) electrons. The van der Waals surface area contributed by atoms with Gasteiger partial charge in [0.15, 0.2) is 5.75 Å². The van der Waals surface area contributed by atoms with Crippen LogP contribution in [0.25, 0.3) is 0 Å². The fourth-order valence-electron chi connectivity index (χ4n) is 1.91. The van der Waals surface area contributed by atoms with E-state index in [4.69, 9.17) is 9.84 Å². The molecule has 1 atom stereocenters. The highest BCUT2D eigenvalue weighted by molar-refractivity contribution is 5.68. The summed E-state index contributed by atoms with van der Waals surface area (Å²) in [5, 5.41) is 23.2. The standard InChI is InChI=1S/C14H22N2O4/c1-10(2)20-13-8-4-7-12(14(13)16(18)19)15-11(3)6-5-9-17/h4,7-8,10-11,15,17H,5-6,9H2,1-3H3. The molecule has 0 heterocycles. The first-order valence-electron chi connectivity index (χ1n) is 6.77. The topological polar surface area (TPSA) is 84.6 Å². The number of aliphatic hydroxyl groups is 1.